The molecule has 0 aromatic carbocycles. The van der Waals surface area contributed by atoms with Gasteiger partial charge in [-0.15, -0.1) is 0 Å². The van der Waals surface area contributed by atoms with Gasteiger partial charge >= 0.3 is 0 Å². The summed E-state index contributed by atoms with van der Waals surface area (Å²) in [4.78, 5) is 18.0. The van der Waals surface area contributed by atoms with Gasteiger partial charge in [-0.2, -0.15) is 0 Å². The van der Waals surface area contributed by atoms with Crippen LogP contribution in [0.2, 0.25) is 0 Å². The molecule has 4 N–H and O–H groups in total. The second kappa shape index (κ2) is 5.95. The molecule has 2 atom stereocenters. The van der Waals surface area contributed by atoms with Crippen molar-refractivity contribution in [3.8, 4) is 0 Å². The zero-order valence-electron chi connectivity index (χ0n) is 13.6. The van der Waals surface area contributed by atoms with Crippen molar-refractivity contribution in [1.29, 1.82) is 0 Å². The predicted octanol–water partition coefficient (Wildman–Crippen LogP) is 2.88. The van der Waals surface area contributed by atoms with Crippen molar-refractivity contribution in [3.05, 3.63) is 0 Å². The minimum atomic E-state index is -0.833. The predicted molar refractivity (Wildman–Crippen MR) is 80.9 cm³/mol. The maximum atomic E-state index is 9.00. The fraction of sp³-hybridized carbons (Fsp3) is 0.875. The first kappa shape index (κ1) is 18.0. The van der Waals surface area contributed by atoms with Gasteiger partial charge in [-0.3, -0.25) is 9.59 Å². The highest BCUT2D eigenvalue weighted by molar-refractivity contribution is 5.63. The molecule has 0 heterocycles. The minimum absolute atomic E-state index is 0.225. The number of hydrogen-bond acceptors (Lipinski definition) is 3. The van der Waals surface area contributed by atoms with E-state index in [0.717, 1.165) is 19.8 Å². The second-order valence-electron chi connectivity index (χ2n) is 8.03. The van der Waals surface area contributed by atoms with Crippen LogP contribution in [0.5, 0.6) is 0 Å². The molecule has 5 nitrogen and oxygen atoms in total. The van der Waals surface area contributed by atoms with Gasteiger partial charge in [-0.05, 0) is 55.3 Å². The smallest absolute Gasteiger partial charge is 0.300 e. The summed E-state index contributed by atoms with van der Waals surface area (Å²) in [5, 5.41) is 14.8. The monoisotopic (exact) mass is 299 g/mol. The summed E-state index contributed by atoms with van der Waals surface area (Å²) in [5.41, 5.74) is 7.92. The zero-order chi connectivity index (χ0) is 16.5. The molecule has 21 heavy (non-hydrogen) atoms. The number of carboxylic acids is 2. The second-order valence-corrected chi connectivity index (χ2v) is 8.03. The molecule has 122 valence electrons. The van der Waals surface area contributed by atoms with E-state index in [1.807, 2.05) is 0 Å². The number of nitrogens with two attached hydrogens (primary N) is 1. The van der Waals surface area contributed by atoms with E-state index in [-0.39, 0.29) is 5.54 Å². The molecule has 4 aliphatic rings. The van der Waals surface area contributed by atoms with Crippen LogP contribution >= 0.6 is 0 Å². The summed E-state index contributed by atoms with van der Waals surface area (Å²) >= 11 is 0. The quantitative estimate of drug-likeness (QED) is 0.638. The number of hydrogen-bond donors (Lipinski definition) is 3. The Labute approximate surface area is 126 Å². The van der Waals surface area contributed by atoms with Gasteiger partial charge in [0.25, 0.3) is 11.9 Å². The maximum Gasteiger partial charge on any atom is 0.300 e. The largest absolute Gasteiger partial charge is 0.481 e. The summed E-state index contributed by atoms with van der Waals surface area (Å²) in [7, 11) is 0. The fourth-order valence-corrected chi connectivity index (χ4v) is 5.54. The van der Waals surface area contributed by atoms with E-state index >= 15 is 0 Å². The first-order chi connectivity index (χ1) is 9.37. The van der Waals surface area contributed by atoms with Crippen LogP contribution in [0.15, 0.2) is 0 Å². The topological polar surface area (TPSA) is 101 Å². The Hall–Kier alpha value is -1.10. The molecule has 0 aliphatic heterocycles. The average Bonchev–Trinajstić information content (AvgIpc) is 2.04. The molecule has 0 amide bonds. The number of aliphatic carboxylic acids is 2. The van der Waals surface area contributed by atoms with Crippen LogP contribution in [0.3, 0.4) is 0 Å². The lowest BCUT2D eigenvalue weighted by Gasteiger charge is -2.64. The van der Waals surface area contributed by atoms with Crippen LogP contribution < -0.4 is 5.73 Å². The van der Waals surface area contributed by atoms with E-state index in [9.17, 15) is 0 Å². The highest BCUT2D eigenvalue weighted by Crippen LogP contribution is 2.65. The Bertz CT molecular complexity index is 350. The first-order valence-corrected chi connectivity index (χ1v) is 7.55. The molecule has 2 unspecified atom stereocenters. The highest BCUT2D eigenvalue weighted by atomic mass is 16.4. The summed E-state index contributed by atoms with van der Waals surface area (Å²) < 4.78 is 0. The van der Waals surface area contributed by atoms with Crippen LogP contribution in [0.4, 0.5) is 0 Å². The molecule has 0 aromatic heterocycles. The van der Waals surface area contributed by atoms with Crippen molar-refractivity contribution in [3.63, 3.8) is 0 Å². The molecule has 4 saturated carbocycles. The zero-order valence-corrected chi connectivity index (χ0v) is 13.6. The van der Waals surface area contributed by atoms with E-state index in [1.165, 1.54) is 38.5 Å². The van der Waals surface area contributed by atoms with Crippen LogP contribution in [-0.4, -0.2) is 27.7 Å². The Morgan fingerprint density at radius 2 is 1.24 bits per heavy atom. The van der Waals surface area contributed by atoms with Crippen molar-refractivity contribution < 1.29 is 19.8 Å². The molecule has 0 radical (unpaired) electrons. The number of rotatable bonds is 0. The summed E-state index contributed by atoms with van der Waals surface area (Å²) in [5.74, 6) is -0.712. The van der Waals surface area contributed by atoms with Gasteiger partial charge in [0.15, 0.2) is 0 Å². The van der Waals surface area contributed by atoms with Crippen molar-refractivity contribution in [2.24, 2.45) is 22.5 Å². The normalized spacial score (nSPS) is 42.2. The van der Waals surface area contributed by atoms with Crippen molar-refractivity contribution >= 4 is 11.9 Å². The van der Waals surface area contributed by atoms with Crippen molar-refractivity contribution in [2.75, 3.05) is 0 Å². The van der Waals surface area contributed by atoms with E-state index in [4.69, 9.17) is 25.5 Å². The lowest BCUT2D eigenvalue weighted by Crippen LogP contribution is -2.62. The lowest BCUT2D eigenvalue weighted by molar-refractivity contribution is -0.135. The standard InChI is InChI=1S/C12H21N.2C2H4O2/c1-10-3-9-4-11(2,6-10)8-12(13,5-9)7-10;2*1-2(3)4/h9H,3-8,13H2,1-2H3;2*1H3,(H,3,4). The summed E-state index contributed by atoms with van der Waals surface area (Å²) in [6, 6.07) is 0. The third-order valence-corrected chi connectivity index (χ3v) is 4.67. The lowest BCUT2D eigenvalue weighted by atomic mass is 9.43. The van der Waals surface area contributed by atoms with Gasteiger partial charge in [0.1, 0.15) is 0 Å². The van der Waals surface area contributed by atoms with Crippen molar-refractivity contribution in [1.82, 2.24) is 0 Å². The number of carboxylic acid groups (broad SMARTS) is 2. The van der Waals surface area contributed by atoms with Gasteiger partial charge in [-0.1, -0.05) is 13.8 Å². The van der Waals surface area contributed by atoms with Gasteiger partial charge in [-0.25, -0.2) is 0 Å². The molecule has 0 aromatic rings. The average molecular weight is 299 g/mol. The Morgan fingerprint density at radius 3 is 1.48 bits per heavy atom. The molecule has 4 fully saturated rings. The third-order valence-electron chi connectivity index (χ3n) is 4.67. The van der Waals surface area contributed by atoms with E-state index in [0.29, 0.717) is 10.8 Å². The highest BCUT2D eigenvalue weighted by Gasteiger charge is 2.58. The Balaban J connectivity index is 0.000000234. The number of carbonyl (C=O) groups is 2. The molecular formula is C16H29NO4. The van der Waals surface area contributed by atoms with Gasteiger partial charge in [0.05, 0.1) is 0 Å². The van der Waals surface area contributed by atoms with Crippen LogP contribution in [0.1, 0.15) is 66.2 Å². The molecule has 0 spiro atoms. The third kappa shape index (κ3) is 5.30. The van der Waals surface area contributed by atoms with E-state index in [1.54, 1.807) is 0 Å². The maximum absolute atomic E-state index is 9.00. The van der Waals surface area contributed by atoms with Crippen LogP contribution in [0, 0.1) is 16.7 Å². The van der Waals surface area contributed by atoms with Crippen molar-refractivity contribution in [2.45, 2.75) is 71.8 Å². The first-order valence-electron chi connectivity index (χ1n) is 7.55. The van der Waals surface area contributed by atoms with E-state index < -0.39 is 11.9 Å². The SMILES string of the molecule is CC(=O)O.CC(=O)O.CC12CC3CC(C)(C1)CC(N)(C3)C2. The van der Waals surface area contributed by atoms with Crippen LogP contribution in [0.25, 0.3) is 0 Å². The molecular weight excluding hydrogens is 270 g/mol. The van der Waals surface area contributed by atoms with Gasteiger partial charge in [0.2, 0.25) is 0 Å². The summed E-state index contributed by atoms with van der Waals surface area (Å²) in [6.45, 7) is 7.11. The summed E-state index contributed by atoms with van der Waals surface area (Å²) in [6.07, 6.45) is 8.27. The van der Waals surface area contributed by atoms with Gasteiger partial charge in [0, 0.05) is 19.4 Å². The molecule has 0 saturated heterocycles. The van der Waals surface area contributed by atoms with Crippen LogP contribution in [-0.2, 0) is 9.59 Å². The molecule has 4 rings (SSSR count). The Kier molecular flexibility index (Phi) is 5.09. The van der Waals surface area contributed by atoms with Gasteiger partial charge < -0.3 is 15.9 Å². The Morgan fingerprint density at radius 1 is 0.905 bits per heavy atom. The molecule has 5 heteroatoms. The van der Waals surface area contributed by atoms with E-state index in [2.05, 4.69) is 13.8 Å². The minimum Gasteiger partial charge on any atom is -0.481 e. The molecule has 4 aliphatic carbocycles. The fourth-order valence-electron chi connectivity index (χ4n) is 5.54. The molecule has 4 bridgehead atoms.